The van der Waals surface area contributed by atoms with Gasteiger partial charge >= 0.3 is 0 Å². The van der Waals surface area contributed by atoms with Crippen LogP contribution in [-0.4, -0.2) is 0 Å². The highest BCUT2D eigenvalue weighted by atomic mass is 35.5. The quantitative estimate of drug-likeness (QED) is 0.324. The Hall–Kier alpha value is -2.44. The van der Waals surface area contributed by atoms with Crippen LogP contribution in [0.5, 0.6) is 5.75 Å². The molecular formula is C22H14Cl3NO. The van der Waals surface area contributed by atoms with Gasteiger partial charge in [-0.15, -0.1) is 0 Å². The fourth-order valence-corrected chi connectivity index (χ4v) is 2.84. The largest absolute Gasteiger partial charge is 0.489 e. The maximum atomic E-state index is 9.46. The number of hydrogen-bond acceptors (Lipinski definition) is 2. The minimum Gasteiger partial charge on any atom is -0.489 e. The van der Waals surface area contributed by atoms with Crippen molar-refractivity contribution < 1.29 is 4.74 Å². The molecule has 0 saturated heterocycles. The van der Waals surface area contributed by atoms with Gasteiger partial charge in [0.05, 0.1) is 21.7 Å². The van der Waals surface area contributed by atoms with E-state index in [9.17, 15) is 5.26 Å². The van der Waals surface area contributed by atoms with E-state index in [1.807, 2.05) is 48.5 Å². The summed E-state index contributed by atoms with van der Waals surface area (Å²) in [5.41, 5.74) is 3.14. The van der Waals surface area contributed by atoms with E-state index in [1.54, 1.807) is 24.3 Å². The van der Waals surface area contributed by atoms with E-state index in [0.717, 1.165) is 22.4 Å². The van der Waals surface area contributed by atoms with Crippen LogP contribution in [0, 0.1) is 11.3 Å². The van der Waals surface area contributed by atoms with Crippen molar-refractivity contribution in [3.05, 3.63) is 98.5 Å². The number of ether oxygens (including phenoxy) is 1. The van der Waals surface area contributed by atoms with E-state index in [2.05, 4.69) is 6.07 Å². The lowest BCUT2D eigenvalue weighted by Gasteiger charge is -2.07. The monoisotopic (exact) mass is 413 g/mol. The molecular weight excluding hydrogens is 401 g/mol. The van der Waals surface area contributed by atoms with Crippen molar-refractivity contribution in [1.29, 1.82) is 5.26 Å². The van der Waals surface area contributed by atoms with Crippen LogP contribution < -0.4 is 4.74 Å². The maximum absolute atomic E-state index is 9.46. The van der Waals surface area contributed by atoms with Gasteiger partial charge in [0, 0.05) is 5.02 Å². The van der Waals surface area contributed by atoms with Crippen LogP contribution in [0.2, 0.25) is 15.1 Å². The SMILES string of the molecule is N#C/C(=C/c1ccc(OCc2ccc(Cl)cc2)cc1)c1ccc(Cl)c(Cl)c1. The highest BCUT2D eigenvalue weighted by Gasteiger charge is 2.05. The lowest BCUT2D eigenvalue weighted by molar-refractivity contribution is 0.306. The number of halogens is 3. The minimum absolute atomic E-state index is 0.418. The zero-order chi connectivity index (χ0) is 19.2. The van der Waals surface area contributed by atoms with E-state index in [0.29, 0.717) is 27.2 Å². The molecule has 0 bridgehead atoms. The Balaban J connectivity index is 1.71. The van der Waals surface area contributed by atoms with Crippen LogP contribution in [0.15, 0.2) is 66.7 Å². The molecule has 0 atom stereocenters. The lowest BCUT2D eigenvalue weighted by Crippen LogP contribution is -1.94. The molecule has 0 unspecified atom stereocenters. The molecule has 3 aromatic rings. The van der Waals surface area contributed by atoms with Crippen molar-refractivity contribution in [3.8, 4) is 11.8 Å². The Morgan fingerprint density at radius 2 is 1.59 bits per heavy atom. The van der Waals surface area contributed by atoms with Gasteiger partial charge in [-0.25, -0.2) is 0 Å². The van der Waals surface area contributed by atoms with E-state index >= 15 is 0 Å². The molecule has 0 amide bonds. The Morgan fingerprint density at radius 3 is 2.22 bits per heavy atom. The topological polar surface area (TPSA) is 33.0 Å². The molecule has 5 heteroatoms. The van der Waals surface area contributed by atoms with Crippen LogP contribution in [0.25, 0.3) is 11.6 Å². The lowest BCUT2D eigenvalue weighted by atomic mass is 10.0. The van der Waals surface area contributed by atoms with Crippen LogP contribution >= 0.6 is 34.8 Å². The normalized spacial score (nSPS) is 11.1. The predicted molar refractivity (Wildman–Crippen MR) is 112 cm³/mol. The molecule has 0 aliphatic rings. The number of hydrogen-bond donors (Lipinski definition) is 0. The molecule has 0 heterocycles. The molecule has 0 radical (unpaired) electrons. The van der Waals surface area contributed by atoms with Gasteiger partial charge in [-0.2, -0.15) is 5.26 Å². The van der Waals surface area contributed by atoms with Gasteiger partial charge in [0.15, 0.2) is 0 Å². The predicted octanol–water partition coefficient (Wildman–Crippen LogP) is 7.29. The maximum Gasteiger partial charge on any atom is 0.119 e. The third kappa shape index (κ3) is 5.28. The van der Waals surface area contributed by atoms with Gasteiger partial charge in [0.1, 0.15) is 12.4 Å². The number of benzene rings is 3. The average Bonchev–Trinajstić information content (AvgIpc) is 2.69. The third-order valence-corrected chi connectivity index (χ3v) is 4.85. The number of allylic oxidation sites excluding steroid dienone is 1. The smallest absolute Gasteiger partial charge is 0.119 e. The van der Waals surface area contributed by atoms with Crippen molar-refractivity contribution in [2.24, 2.45) is 0 Å². The fourth-order valence-electron chi connectivity index (χ4n) is 2.42. The van der Waals surface area contributed by atoms with Gasteiger partial charge in [-0.05, 0) is 59.2 Å². The first-order valence-electron chi connectivity index (χ1n) is 8.10. The summed E-state index contributed by atoms with van der Waals surface area (Å²) in [6.07, 6.45) is 1.79. The molecule has 0 spiro atoms. The summed E-state index contributed by atoms with van der Waals surface area (Å²) < 4.78 is 5.77. The average molecular weight is 415 g/mol. The van der Waals surface area contributed by atoms with E-state index < -0.39 is 0 Å². The molecule has 3 rings (SSSR count). The zero-order valence-electron chi connectivity index (χ0n) is 14.1. The highest BCUT2D eigenvalue weighted by molar-refractivity contribution is 6.42. The summed E-state index contributed by atoms with van der Waals surface area (Å²) in [4.78, 5) is 0. The zero-order valence-corrected chi connectivity index (χ0v) is 16.4. The van der Waals surface area contributed by atoms with Crippen molar-refractivity contribution >= 4 is 46.5 Å². The second-order valence-electron chi connectivity index (χ2n) is 5.78. The Morgan fingerprint density at radius 1 is 0.889 bits per heavy atom. The summed E-state index contributed by atoms with van der Waals surface area (Å²) in [5, 5.41) is 11.0. The second-order valence-corrected chi connectivity index (χ2v) is 7.03. The molecule has 3 aromatic carbocycles. The molecule has 0 N–H and O–H groups in total. The van der Waals surface area contributed by atoms with Crippen LogP contribution in [-0.2, 0) is 6.61 Å². The molecule has 27 heavy (non-hydrogen) atoms. The van der Waals surface area contributed by atoms with Crippen LogP contribution in [0.3, 0.4) is 0 Å². The Bertz CT molecular complexity index is 1000. The standard InChI is InChI=1S/C22H14Cl3NO/c23-19-6-1-16(2-7-19)14-27-20-8-3-15(4-9-20)11-18(13-26)17-5-10-21(24)22(25)12-17/h1-12H,14H2/b18-11-. The first kappa shape index (κ1) is 19.3. The van der Waals surface area contributed by atoms with Gasteiger partial charge in [0.2, 0.25) is 0 Å². The molecule has 0 saturated carbocycles. The summed E-state index contributed by atoms with van der Waals surface area (Å²) in [5.74, 6) is 0.746. The molecule has 134 valence electrons. The van der Waals surface area contributed by atoms with Gasteiger partial charge in [0.25, 0.3) is 0 Å². The molecule has 0 aliphatic heterocycles. The van der Waals surface area contributed by atoms with Gasteiger partial charge in [-0.3, -0.25) is 0 Å². The second kappa shape index (κ2) is 8.97. The van der Waals surface area contributed by atoms with E-state index in [4.69, 9.17) is 39.5 Å². The first-order valence-corrected chi connectivity index (χ1v) is 9.23. The molecule has 0 aliphatic carbocycles. The van der Waals surface area contributed by atoms with E-state index in [1.165, 1.54) is 0 Å². The molecule has 0 fully saturated rings. The fraction of sp³-hybridized carbons (Fsp3) is 0.0455. The summed E-state index contributed by atoms with van der Waals surface area (Å²) >= 11 is 17.9. The van der Waals surface area contributed by atoms with Crippen molar-refractivity contribution in [1.82, 2.24) is 0 Å². The minimum atomic E-state index is 0.418. The summed E-state index contributed by atoms with van der Waals surface area (Å²) in [6.45, 7) is 0.457. The van der Waals surface area contributed by atoms with Crippen molar-refractivity contribution in [2.75, 3.05) is 0 Å². The molecule has 2 nitrogen and oxygen atoms in total. The number of rotatable bonds is 5. The molecule has 0 aromatic heterocycles. The highest BCUT2D eigenvalue weighted by Crippen LogP contribution is 2.27. The van der Waals surface area contributed by atoms with E-state index in [-0.39, 0.29) is 0 Å². The summed E-state index contributed by atoms with van der Waals surface area (Å²) in [6, 6.07) is 22.4. The first-order chi connectivity index (χ1) is 13.0. The Labute approximate surface area is 173 Å². The number of nitriles is 1. The van der Waals surface area contributed by atoms with Crippen molar-refractivity contribution in [2.45, 2.75) is 6.61 Å². The number of nitrogens with zero attached hydrogens (tertiary/aromatic N) is 1. The van der Waals surface area contributed by atoms with Gasteiger partial charge in [-0.1, -0.05) is 65.1 Å². The Kier molecular flexibility index (Phi) is 6.42. The van der Waals surface area contributed by atoms with Crippen LogP contribution in [0.1, 0.15) is 16.7 Å². The van der Waals surface area contributed by atoms with Gasteiger partial charge < -0.3 is 4.74 Å². The van der Waals surface area contributed by atoms with Crippen molar-refractivity contribution in [3.63, 3.8) is 0 Å². The third-order valence-electron chi connectivity index (χ3n) is 3.86. The van der Waals surface area contributed by atoms with Crippen LogP contribution in [0.4, 0.5) is 0 Å². The summed E-state index contributed by atoms with van der Waals surface area (Å²) in [7, 11) is 0.